The lowest BCUT2D eigenvalue weighted by Crippen LogP contribution is -2.21. The first-order valence-electron chi connectivity index (χ1n) is 7.09. The minimum Gasteiger partial charge on any atom is -0.478 e. The fourth-order valence-electron chi connectivity index (χ4n) is 2.44. The fourth-order valence-corrected chi connectivity index (χ4v) is 2.44. The Labute approximate surface area is 128 Å². The van der Waals surface area contributed by atoms with Crippen molar-refractivity contribution >= 4 is 28.3 Å². The molecule has 114 valence electrons. The second-order valence-electron chi connectivity index (χ2n) is 5.46. The van der Waals surface area contributed by atoms with Crippen LogP contribution in [0.25, 0.3) is 16.6 Å². The van der Waals surface area contributed by atoms with Crippen LogP contribution in [0.3, 0.4) is 0 Å². The van der Waals surface area contributed by atoms with Gasteiger partial charge in [0.2, 0.25) is 0 Å². The molecule has 2 N–H and O–H groups in total. The number of rotatable bonds is 5. The van der Waals surface area contributed by atoms with Crippen LogP contribution in [0.2, 0.25) is 0 Å². The van der Waals surface area contributed by atoms with Crippen molar-refractivity contribution in [3.05, 3.63) is 42.1 Å². The molecular formula is C16H18N4O2. The Morgan fingerprint density at radius 1 is 1.32 bits per heavy atom. The highest BCUT2D eigenvalue weighted by Gasteiger charge is 2.10. The molecule has 6 heteroatoms. The molecule has 0 bridgehead atoms. The summed E-state index contributed by atoms with van der Waals surface area (Å²) in [5.74, 6) is -0.180. The Hall–Kier alpha value is -2.60. The maximum atomic E-state index is 11.1. The largest absolute Gasteiger partial charge is 0.478 e. The van der Waals surface area contributed by atoms with Crippen molar-refractivity contribution < 1.29 is 9.90 Å². The molecule has 2 heterocycles. The molecule has 0 amide bonds. The van der Waals surface area contributed by atoms with Crippen molar-refractivity contribution in [3.8, 4) is 0 Å². The second-order valence-corrected chi connectivity index (χ2v) is 5.46. The van der Waals surface area contributed by atoms with Gasteiger partial charge in [0.05, 0.1) is 22.1 Å². The SMILES string of the molecule is CN(C)CCNc1nc2cc(C(=O)O)ccc2n2cccc12. The summed E-state index contributed by atoms with van der Waals surface area (Å²) in [5, 5.41) is 12.5. The van der Waals surface area contributed by atoms with Crippen molar-refractivity contribution in [2.75, 3.05) is 32.5 Å². The number of anilines is 1. The summed E-state index contributed by atoms with van der Waals surface area (Å²) < 4.78 is 2.02. The quantitative estimate of drug-likeness (QED) is 0.755. The van der Waals surface area contributed by atoms with Gasteiger partial charge in [-0.05, 0) is 44.4 Å². The maximum Gasteiger partial charge on any atom is 0.335 e. The molecule has 1 aromatic carbocycles. The van der Waals surface area contributed by atoms with Gasteiger partial charge in [0.15, 0.2) is 5.82 Å². The highest BCUT2D eigenvalue weighted by atomic mass is 16.4. The third kappa shape index (κ3) is 2.60. The molecule has 0 fully saturated rings. The van der Waals surface area contributed by atoms with Gasteiger partial charge in [-0.1, -0.05) is 0 Å². The molecule has 0 aliphatic carbocycles. The Bertz CT molecular complexity index is 839. The predicted molar refractivity (Wildman–Crippen MR) is 86.7 cm³/mol. The number of carbonyl (C=O) groups is 1. The summed E-state index contributed by atoms with van der Waals surface area (Å²) >= 11 is 0. The third-order valence-electron chi connectivity index (χ3n) is 3.56. The zero-order chi connectivity index (χ0) is 15.7. The van der Waals surface area contributed by atoms with Crippen LogP contribution in [-0.2, 0) is 0 Å². The highest BCUT2D eigenvalue weighted by Crippen LogP contribution is 2.23. The number of likely N-dealkylation sites (N-methyl/N-ethyl adjacent to an activating group) is 1. The predicted octanol–water partition coefficient (Wildman–Crippen LogP) is 2.16. The lowest BCUT2D eigenvalue weighted by Gasteiger charge is -2.13. The van der Waals surface area contributed by atoms with Crippen LogP contribution in [-0.4, -0.2) is 52.5 Å². The van der Waals surface area contributed by atoms with Gasteiger partial charge in [0.1, 0.15) is 0 Å². The number of hydrogen-bond acceptors (Lipinski definition) is 4. The van der Waals surface area contributed by atoms with Gasteiger partial charge in [-0.3, -0.25) is 0 Å². The molecule has 0 saturated heterocycles. The first kappa shape index (κ1) is 14.3. The van der Waals surface area contributed by atoms with E-state index in [0.29, 0.717) is 5.52 Å². The summed E-state index contributed by atoms with van der Waals surface area (Å²) in [4.78, 5) is 17.8. The van der Waals surface area contributed by atoms with Crippen LogP contribution in [0.1, 0.15) is 10.4 Å². The Balaban J connectivity index is 2.08. The molecule has 3 rings (SSSR count). The number of nitrogens with zero attached hydrogens (tertiary/aromatic N) is 3. The molecule has 0 unspecified atom stereocenters. The van der Waals surface area contributed by atoms with Crippen molar-refractivity contribution in [2.45, 2.75) is 0 Å². The smallest absolute Gasteiger partial charge is 0.335 e. The van der Waals surface area contributed by atoms with E-state index in [-0.39, 0.29) is 5.56 Å². The Morgan fingerprint density at radius 3 is 2.86 bits per heavy atom. The van der Waals surface area contributed by atoms with Gasteiger partial charge in [-0.2, -0.15) is 0 Å². The van der Waals surface area contributed by atoms with E-state index in [1.165, 1.54) is 0 Å². The summed E-state index contributed by atoms with van der Waals surface area (Å²) in [5.41, 5.74) is 2.78. The van der Waals surface area contributed by atoms with Crippen molar-refractivity contribution in [3.63, 3.8) is 0 Å². The first-order chi connectivity index (χ1) is 10.6. The van der Waals surface area contributed by atoms with Gasteiger partial charge in [-0.15, -0.1) is 0 Å². The normalized spacial score (nSPS) is 11.4. The number of nitrogens with one attached hydrogen (secondary N) is 1. The number of aromatic nitrogens is 2. The number of benzene rings is 1. The zero-order valence-corrected chi connectivity index (χ0v) is 12.6. The van der Waals surface area contributed by atoms with E-state index in [9.17, 15) is 4.79 Å². The molecule has 22 heavy (non-hydrogen) atoms. The van der Waals surface area contributed by atoms with E-state index in [0.717, 1.165) is 29.9 Å². The monoisotopic (exact) mass is 298 g/mol. The van der Waals surface area contributed by atoms with Crippen LogP contribution in [0.5, 0.6) is 0 Å². The van der Waals surface area contributed by atoms with Crippen LogP contribution in [0, 0.1) is 0 Å². The maximum absolute atomic E-state index is 11.1. The van der Waals surface area contributed by atoms with E-state index < -0.39 is 5.97 Å². The zero-order valence-electron chi connectivity index (χ0n) is 12.6. The van der Waals surface area contributed by atoms with E-state index in [2.05, 4.69) is 15.2 Å². The van der Waals surface area contributed by atoms with Crippen LogP contribution >= 0.6 is 0 Å². The standard InChI is InChI=1S/C16H18N4O2/c1-19(2)9-7-17-15-14-4-3-8-20(14)13-6-5-11(16(21)22)10-12(13)18-15/h3-6,8,10H,7,9H2,1-2H3,(H,17,18)(H,21,22). The van der Waals surface area contributed by atoms with Crippen LogP contribution < -0.4 is 5.32 Å². The number of fused-ring (bicyclic) bond motifs is 3. The third-order valence-corrected chi connectivity index (χ3v) is 3.56. The fraction of sp³-hybridized carbons (Fsp3) is 0.250. The van der Waals surface area contributed by atoms with Crippen molar-refractivity contribution in [1.82, 2.24) is 14.3 Å². The summed E-state index contributed by atoms with van der Waals surface area (Å²) in [7, 11) is 4.03. The van der Waals surface area contributed by atoms with Gasteiger partial charge in [-0.25, -0.2) is 9.78 Å². The number of hydrogen-bond donors (Lipinski definition) is 2. The Morgan fingerprint density at radius 2 is 2.14 bits per heavy atom. The molecule has 6 nitrogen and oxygen atoms in total. The molecule has 3 aromatic rings. The molecular weight excluding hydrogens is 280 g/mol. The minimum atomic E-state index is -0.946. The summed E-state index contributed by atoms with van der Waals surface area (Å²) in [6, 6.07) is 8.95. The molecule has 0 aliphatic heterocycles. The van der Waals surface area contributed by atoms with Crippen molar-refractivity contribution in [1.29, 1.82) is 0 Å². The lowest BCUT2D eigenvalue weighted by atomic mass is 10.2. The van der Waals surface area contributed by atoms with Crippen molar-refractivity contribution in [2.24, 2.45) is 0 Å². The summed E-state index contributed by atoms with van der Waals surface area (Å²) in [6.07, 6.45) is 1.96. The minimum absolute atomic E-state index is 0.241. The van der Waals surface area contributed by atoms with Gasteiger partial charge in [0.25, 0.3) is 0 Å². The molecule has 0 saturated carbocycles. The van der Waals surface area contributed by atoms with Gasteiger partial charge in [0, 0.05) is 19.3 Å². The molecule has 0 spiro atoms. The van der Waals surface area contributed by atoms with Crippen LogP contribution in [0.15, 0.2) is 36.5 Å². The van der Waals surface area contributed by atoms with E-state index >= 15 is 0 Å². The van der Waals surface area contributed by atoms with Gasteiger partial charge < -0.3 is 19.7 Å². The number of carboxylic acid groups (broad SMARTS) is 1. The Kier molecular flexibility index (Phi) is 3.68. The van der Waals surface area contributed by atoms with E-state index in [1.807, 2.05) is 36.8 Å². The average molecular weight is 298 g/mol. The first-order valence-corrected chi connectivity index (χ1v) is 7.09. The van der Waals surface area contributed by atoms with E-state index in [1.54, 1.807) is 18.2 Å². The molecule has 0 radical (unpaired) electrons. The average Bonchev–Trinajstić information content (AvgIpc) is 2.96. The molecule has 0 aliphatic rings. The molecule has 0 atom stereocenters. The summed E-state index contributed by atoms with van der Waals surface area (Å²) in [6.45, 7) is 1.66. The van der Waals surface area contributed by atoms with Crippen LogP contribution in [0.4, 0.5) is 5.82 Å². The highest BCUT2D eigenvalue weighted by molar-refractivity contribution is 5.94. The van der Waals surface area contributed by atoms with E-state index in [4.69, 9.17) is 5.11 Å². The number of aromatic carboxylic acids is 1. The lowest BCUT2D eigenvalue weighted by molar-refractivity contribution is 0.0697. The van der Waals surface area contributed by atoms with Gasteiger partial charge >= 0.3 is 5.97 Å². The number of carboxylic acids is 1. The topological polar surface area (TPSA) is 69.9 Å². The molecule has 2 aromatic heterocycles. The second kappa shape index (κ2) is 5.65.